The number of aromatic hydroxyl groups is 1. The highest BCUT2D eigenvalue weighted by atomic mass is 16.5. The Bertz CT molecular complexity index is 974. The van der Waals surface area contributed by atoms with Crippen molar-refractivity contribution in [1.82, 2.24) is 5.32 Å². The molecule has 0 aliphatic carbocycles. The quantitative estimate of drug-likeness (QED) is 0.336. The zero-order chi connectivity index (χ0) is 22.9. The number of hydrogen-bond donors (Lipinski definition) is 4. The summed E-state index contributed by atoms with van der Waals surface area (Å²) in [6, 6.07) is 20.7. The van der Waals surface area contributed by atoms with Crippen LogP contribution >= 0.6 is 0 Å². The van der Waals surface area contributed by atoms with Crippen molar-refractivity contribution in [1.29, 1.82) is 0 Å². The summed E-state index contributed by atoms with van der Waals surface area (Å²) >= 11 is 0. The minimum Gasteiger partial charge on any atom is -0.506 e. The van der Waals surface area contributed by atoms with Gasteiger partial charge in [-0.3, -0.25) is 0 Å². The Morgan fingerprint density at radius 1 is 0.844 bits per heavy atom. The summed E-state index contributed by atoms with van der Waals surface area (Å²) in [6.07, 6.45) is 0.152. The van der Waals surface area contributed by atoms with E-state index in [1.165, 1.54) is 5.56 Å². The molecule has 32 heavy (non-hydrogen) atoms. The third-order valence-electron chi connectivity index (χ3n) is 5.52. The molecule has 0 spiro atoms. The van der Waals surface area contributed by atoms with Crippen LogP contribution in [0.1, 0.15) is 29.7 Å². The molecule has 0 fully saturated rings. The van der Waals surface area contributed by atoms with Gasteiger partial charge in [0.05, 0.1) is 26.0 Å². The number of benzene rings is 3. The molecule has 0 aliphatic heterocycles. The molecule has 2 atom stereocenters. The Morgan fingerprint density at radius 2 is 1.44 bits per heavy atom. The van der Waals surface area contributed by atoms with Crippen molar-refractivity contribution in [2.24, 2.45) is 0 Å². The molecule has 0 bridgehead atoms. The average Bonchev–Trinajstić information content (AvgIpc) is 2.83. The first-order valence-electron chi connectivity index (χ1n) is 10.7. The van der Waals surface area contributed by atoms with Gasteiger partial charge in [0.2, 0.25) is 0 Å². The second kappa shape index (κ2) is 11.4. The molecule has 0 aromatic heterocycles. The topological polar surface area (TPSA) is 83.0 Å². The van der Waals surface area contributed by atoms with Gasteiger partial charge in [-0.15, -0.1) is 0 Å². The van der Waals surface area contributed by atoms with Gasteiger partial charge in [0.25, 0.3) is 0 Å². The van der Waals surface area contributed by atoms with Crippen LogP contribution < -0.4 is 20.1 Å². The molecular weight excluding hydrogens is 404 g/mol. The van der Waals surface area contributed by atoms with Crippen LogP contribution in [-0.2, 0) is 13.0 Å². The molecule has 0 saturated heterocycles. The first-order chi connectivity index (χ1) is 15.5. The van der Waals surface area contributed by atoms with Gasteiger partial charge in [-0.25, -0.2) is 0 Å². The first kappa shape index (κ1) is 23.4. The predicted molar refractivity (Wildman–Crippen MR) is 128 cm³/mol. The van der Waals surface area contributed by atoms with Crippen molar-refractivity contribution in [3.05, 3.63) is 83.4 Å². The van der Waals surface area contributed by atoms with E-state index in [2.05, 4.69) is 10.6 Å². The third-order valence-corrected chi connectivity index (χ3v) is 5.52. The Hall–Kier alpha value is -3.22. The standard InChI is InChI=1S/C26H32N2O4/c1-18(27-15-14-19-4-9-22(31-2)10-5-19)26(30)21-8-13-25(29)24(16-21)28-17-20-6-11-23(32-3)12-7-20/h4-13,16,18,26-30H,14-15,17H2,1-3H3. The van der Waals surface area contributed by atoms with Gasteiger partial charge in [-0.2, -0.15) is 0 Å². The number of hydrogen-bond acceptors (Lipinski definition) is 6. The maximum atomic E-state index is 10.8. The molecule has 2 unspecified atom stereocenters. The van der Waals surface area contributed by atoms with Gasteiger partial charge >= 0.3 is 0 Å². The smallest absolute Gasteiger partial charge is 0.138 e. The molecule has 0 amide bonds. The highest BCUT2D eigenvalue weighted by Gasteiger charge is 2.17. The predicted octanol–water partition coefficient (Wildman–Crippen LogP) is 4.28. The van der Waals surface area contributed by atoms with Crippen LogP contribution in [0.25, 0.3) is 0 Å². The minimum atomic E-state index is -0.701. The van der Waals surface area contributed by atoms with E-state index < -0.39 is 6.10 Å². The van der Waals surface area contributed by atoms with E-state index in [0.717, 1.165) is 35.6 Å². The van der Waals surface area contributed by atoms with Crippen molar-refractivity contribution in [2.45, 2.75) is 32.0 Å². The second-order valence-electron chi connectivity index (χ2n) is 7.76. The van der Waals surface area contributed by atoms with Crippen LogP contribution in [-0.4, -0.2) is 37.0 Å². The summed E-state index contributed by atoms with van der Waals surface area (Å²) in [5, 5.41) is 27.7. The average molecular weight is 437 g/mol. The van der Waals surface area contributed by atoms with E-state index in [0.29, 0.717) is 12.2 Å². The lowest BCUT2D eigenvalue weighted by Gasteiger charge is -2.22. The highest BCUT2D eigenvalue weighted by molar-refractivity contribution is 5.58. The monoisotopic (exact) mass is 436 g/mol. The van der Waals surface area contributed by atoms with E-state index in [-0.39, 0.29) is 11.8 Å². The van der Waals surface area contributed by atoms with E-state index >= 15 is 0 Å². The van der Waals surface area contributed by atoms with Crippen LogP contribution in [0.4, 0.5) is 5.69 Å². The van der Waals surface area contributed by atoms with Crippen LogP contribution in [0.3, 0.4) is 0 Å². The van der Waals surface area contributed by atoms with Crippen molar-refractivity contribution < 1.29 is 19.7 Å². The van der Waals surface area contributed by atoms with Gasteiger partial charge in [-0.1, -0.05) is 30.3 Å². The van der Waals surface area contributed by atoms with Gasteiger partial charge in [-0.05, 0) is 73.0 Å². The number of aliphatic hydroxyl groups is 1. The molecule has 3 aromatic rings. The van der Waals surface area contributed by atoms with Crippen LogP contribution in [0.15, 0.2) is 66.7 Å². The number of nitrogens with one attached hydrogen (secondary N) is 2. The summed E-state index contributed by atoms with van der Waals surface area (Å²) in [6.45, 7) is 3.24. The molecule has 3 rings (SSSR count). The van der Waals surface area contributed by atoms with Crippen LogP contribution in [0, 0.1) is 0 Å². The van der Waals surface area contributed by atoms with Gasteiger partial charge in [0, 0.05) is 12.6 Å². The Balaban J connectivity index is 1.54. The van der Waals surface area contributed by atoms with Crippen molar-refractivity contribution >= 4 is 5.69 Å². The van der Waals surface area contributed by atoms with Gasteiger partial charge in [0.15, 0.2) is 0 Å². The maximum Gasteiger partial charge on any atom is 0.138 e. The molecule has 0 radical (unpaired) electrons. The summed E-state index contributed by atoms with van der Waals surface area (Å²) in [5.74, 6) is 1.79. The molecule has 4 N–H and O–H groups in total. The number of rotatable bonds is 11. The number of ether oxygens (including phenoxy) is 2. The van der Waals surface area contributed by atoms with E-state index in [1.807, 2.05) is 55.5 Å². The van der Waals surface area contributed by atoms with E-state index in [9.17, 15) is 10.2 Å². The normalized spacial score (nSPS) is 12.8. The zero-order valence-corrected chi connectivity index (χ0v) is 18.8. The lowest BCUT2D eigenvalue weighted by Crippen LogP contribution is -2.33. The summed E-state index contributed by atoms with van der Waals surface area (Å²) in [5.41, 5.74) is 3.59. The number of phenolic OH excluding ortho intramolecular Hbond substituents is 1. The van der Waals surface area contributed by atoms with Crippen LogP contribution in [0.5, 0.6) is 17.2 Å². The number of methoxy groups -OCH3 is 2. The fourth-order valence-electron chi connectivity index (χ4n) is 3.46. The zero-order valence-electron chi connectivity index (χ0n) is 18.8. The fourth-order valence-corrected chi connectivity index (χ4v) is 3.46. The molecule has 3 aromatic carbocycles. The summed E-state index contributed by atoms with van der Waals surface area (Å²) < 4.78 is 10.4. The van der Waals surface area contributed by atoms with Crippen molar-refractivity contribution in [3.63, 3.8) is 0 Å². The van der Waals surface area contributed by atoms with Gasteiger partial charge < -0.3 is 30.3 Å². The van der Waals surface area contributed by atoms with Crippen molar-refractivity contribution in [3.8, 4) is 17.2 Å². The molecule has 0 aliphatic rings. The lowest BCUT2D eigenvalue weighted by molar-refractivity contribution is 0.136. The third kappa shape index (κ3) is 6.39. The Morgan fingerprint density at radius 3 is 2.03 bits per heavy atom. The largest absolute Gasteiger partial charge is 0.506 e. The summed E-state index contributed by atoms with van der Waals surface area (Å²) in [7, 11) is 3.29. The van der Waals surface area contributed by atoms with Gasteiger partial charge in [0.1, 0.15) is 17.2 Å². The Kier molecular flexibility index (Phi) is 8.36. The lowest BCUT2D eigenvalue weighted by atomic mass is 10.0. The number of aliphatic hydroxyl groups excluding tert-OH is 1. The maximum absolute atomic E-state index is 10.8. The SMILES string of the molecule is COc1ccc(CCNC(C)C(O)c2ccc(O)c(NCc3ccc(OC)cc3)c2)cc1. The molecule has 0 saturated carbocycles. The number of phenols is 1. The first-order valence-corrected chi connectivity index (χ1v) is 10.7. The summed E-state index contributed by atoms with van der Waals surface area (Å²) in [4.78, 5) is 0. The second-order valence-corrected chi connectivity index (χ2v) is 7.76. The molecule has 6 heteroatoms. The highest BCUT2D eigenvalue weighted by Crippen LogP contribution is 2.29. The molecule has 170 valence electrons. The molecule has 6 nitrogen and oxygen atoms in total. The molecular formula is C26H32N2O4. The van der Waals surface area contributed by atoms with E-state index in [4.69, 9.17) is 9.47 Å². The van der Waals surface area contributed by atoms with E-state index in [1.54, 1.807) is 32.4 Å². The number of anilines is 1. The fraction of sp³-hybridized carbons (Fsp3) is 0.308. The minimum absolute atomic E-state index is 0.146. The molecule has 0 heterocycles. The van der Waals surface area contributed by atoms with Crippen LogP contribution in [0.2, 0.25) is 0 Å². The Labute approximate surface area is 189 Å². The van der Waals surface area contributed by atoms with Crippen molar-refractivity contribution in [2.75, 3.05) is 26.1 Å².